The zero-order valence-corrected chi connectivity index (χ0v) is 14.1. The molecule has 0 spiro atoms. The number of rotatable bonds is 7. The van der Waals surface area contributed by atoms with Gasteiger partial charge in [-0.25, -0.2) is 0 Å². The maximum absolute atomic E-state index is 8.54. The first kappa shape index (κ1) is 16.9. The van der Waals surface area contributed by atoms with E-state index in [0.29, 0.717) is 13.0 Å². The SMILES string of the molecule is Cc1ccc(C(C)Nc2cccc(OCCCC#N)c2)cc1C. The van der Waals surface area contributed by atoms with Crippen LogP contribution in [0.15, 0.2) is 42.5 Å². The smallest absolute Gasteiger partial charge is 0.121 e. The van der Waals surface area contributed by atoms with Crippen LogP contribution in [0.3, 0.4) is 0 Å². The van der Waals surface area contributed by atoms with E-state index in [4.69, 9.17) is 10.00 Å². The molecule has 1 atom stereocenters. The Balaban J connectivity index is 1.99. The molecule has 0 heterocycles. The van der Waals surface area contributed by atoms with Crippen molar-refractivity contribution in [3.05, 3.63) is 59.2 Å². The van der Waals surface area contributed by atoms with E-state index < -0.39 is 0 Å². The molecule has 0 fully saturated rings. The molecule has 2 aromatic carbocycles. The van der Waals surface area contributed by atoms with Crippen LogP contribution >= 0.6 is 0 Å². The molecule has 0 bridgehead atoms. The molecular weight excluding hydrogens is 284 g/mol. The predicted molar refractivity (Wildman–Crippen MR) is 94.7 cm³/mol. The summed E-state index contributed by atoms with van der Waals surface area (Å²) in [6.07, 6.45) is 1.29. The van der Waals surface area contributed by atoms with Gasteiger partial charge in [0.2, 0.25) is 0 Å². The number of nitrogens with zero attached hydrogens (tertiary/aromatic N) is 1. The molecule has 0 radical (unpaired) electrons. The summed E-state index contributed by atoms with van der Waals surface area (Å²) in [5.41, 5.74) is 4.93. The first-order valence-corrected chi connectivity index (χ1v) is 8.03. The Labute approximate surface area is 138 Å². The Morgan fingerprint density at radius 2 is 1.96 bits per heavy atom. The molecule has 2 rings (SSSR count). The second-order valence-electron chi connectivity index (χ2n) is 5.85. The van der Waals surface area contributed by atoms with Crippen molar-refractivity contribution in [2.75, 3.05) is 11.9 Å². The monoisotopic (exact) mass is 308 g/mol. The second-order valence-corrected chi connectivity index (χ2v) is 5.85. The van der Waals surface area contributed by atoms with Gasteiger partial charge in [-0.1, -0.05) is 24.3 Å². The van der Waals surface area contributed by atoms with E-state index in [0.717, 1.165) is 17.9 Å². The lowest BCUT2D eigenvalue weighted by Gasteiger charge is -2.17. The highest BCUT2D eigenvalue weighted by Gasteiger charge is 2.07. The lowest BCUT2D eigenvalue weighted by Crippen LogP contribution is -2.07. The number of hydrogen-bond donors (Lipinski definition) is 1. The Morgan fingerprint density at radius 3 is 2.70 bits per heavy atom. The number of nitrogens with one attached hydrogen (secondary N) is 1. The normalized spacial score (nSPS) is 11.6. The van der Waals surface area contributed by atoms with Crippen LogP contribution in [0.1, 0.15) is 42.5 Å². The van der Waals surface area contributed by atoms with Crippen LogP contribution < -0.4 is 10.1 Å². The molecule has 0 aliphatic rings. The zero-order chi connectivity index (χ0) is 16.7. The standard InChI is InChI=1S/C20H24N2O/c1-15-9-10-18(13-16(15)2)17(3)22-19-7-6-8-20(14-19)23-12-5-4-11-21/h6-10,13-14,17,22H,4-5,12H2,1-3H3. The molecule has 1 N–H and O–H groups in total. The summed E-state index contributed by atoms with van der Waals surface area (Å²) in [5, 5.41) is 12.1. The van der Waals surface area contributed by atoms with Gasteiger partial charge in [-0.2, -0.15) is 5.26 Å². The number of benzene rings is 2. The van der Waals surface area contributed by atoms with Crippen LogP contribution in [-0.4, -0.2) is 6.61 Å². The third-order valence-electron chi connectivity index (χ3n) is 3.95. The summed E-state index contributed by atoms with van der Waals surface area (Å²) >= 11 is 0. The molecule has 3 heteroatoms. The van der Waals surface area contributed by atoms with E-state index in [1.165, 1.54) is 16.7 Å². The third kappa shape index (κ3) is 5.03. The van der Waals surface area contributed by atoms with Crippen molar-refractivity contribution in [1.29, 1.82) is 5.26 Å². The number of aryl methyl sites for hydroxylation is 2. The van der Waals surface area contributed by atoms with Gasteiger partial charge in [0, 0.05) is 24.2 Å². The van der Waals surface area contributed by atoms with Crippen molar-refractivity contribution >= 4 is 5.69 Å². The number of ether oxygens (including phenoxy) is 1. The number of unbranched alkanes of at least 4 members (excludes halogenated alkanes) is 1. The molecule has 0 aliphatic heterocycles. The van der Waals surface area contributed by atoms with Gasteiger partial charge in [0.15, 0.2) is 0 Å². The average molecular weight is 308 g/mol. The first-order chi connectivity index (χ1) is 11.1. The van der Waals surface area contributed by atoms with Crippen LogP contribution in [0.25, 0.3) is 0 Å². The highest BCUT2D eigenvalue weighted by Crippen LogP contribution is 2.24. The second kappa shape index (κ2) is 8.24. The van der Waals surface area contributed by atoms with E-state index in [1.807, 2.05) is 24.3 Å². The van der Waals surface area contributed by atoms with E-state index in [9.17, 15) is 0 Å². The van der Waals surface area contributed by atoms with Gasteiger partial charge in [0.25, 0.3) is 0 Å². The van der Waals surface area contributed by atoms with Gasteiger partial charge in [-0.15, -0.1) is 0 Å². The Morgan fingerprint density at radius 1 is 1.13 bits per heavy atom. The van der Waals surface area contributed by atoms with Crippen molar-refractivity contribution in [2.45, 2.75) is 39.7 Å². The summed E-state index contributed by atoms with van der Waals surface area (Å²) in [6.45, 7) is 7.00. The quantitative estimate of drug-likeness (QED) is 0.719. The maximum Gasteiger partial charge on any atom is 0.121 e. The molecule has 0 saturated carbocycles. The molecule has 0 saturated heterocycles. The van der Waals surface area contributed by atoms with Crippen LogP contribution in [0.4, 0.5) is 5.69 Å². The van der Waals surface area contributed by atoms with Gasteiger partial charge in [-0.05, 0) is 56.0 Å². The van der Waals surface area contributed by atoms with E-state index in [1.54, 1.807) is 0 Å². The minimum atomic E-state index is 0.225. The number of hydrogen-bond acceptors (Lipinski definition) is 3. The minimum absolute atomic E-state index is 0.225. The average Bonchev–Trinajstić information content (AvgIpc) is 2.54. The summed E-state index contributed by atoms with van der Waals surface area (Å²) in [5.74, 6) is 0.834. The Hall–Kier alpha value is -2.47. The molecule has 2 aromatic rings. The van der Waals surface area contributed by atoms with E-state index in [-0.39, 0.29) is 6.04 Å². The molecule has 3 nitrogen and oxygen atoms in total. The third-order valence-corrected chi connectivity index (χ3v) is 3.95. The van der Waals surface area contributed by atoms with Gasteiger partial charge >= 0.3 is 0 Å². The van der Waals surface area contributed by atoms with Gasteiger partial charge < -0.3 is 10.1 Å². The molecule has 1 unspecified atom stereocenters. The van der Waals surface area contributed by atoms with Gasteiger partial charge in [-0.3, -0.25) is 0 Å². The fourth-order valence-electron chi connectivity index (χ4n) is 2.38. The molecule has 0 aliphatic carbocycles. The van der Waals surface area contributed by atoms with Crippen molar-refractivity contribution in [3.63, 3.8) is 0 Å². The fourth-order valence-corrected chi connectivity index (χ4v) is 2.38. The summed E-state index contributed by atoms with van der Waals surface area (Å²) in [6, 6.07) is 16.9. The largest absolute Gasteiger partial charge is 0.493 e. The molecule has 0 amide bonds. The van der Waals surface area contributed by atoms with E-state index in [2.05, 4.69) is 50.4 Å². The van der Waals surface area contributed by atoms with Gasteiger partial charge in [0.05, 0.1) is 12.7 Å². The van der Waals surface area contributed by atoms with Crippen molar-refractivity contribution in [2.24, 2.45) is 0 Å². The number of anilines is 1. The molecule has 0 aromatic heterocycles. The Bertz CT molecular complexity index is 688. The zero-order valence-electron chi connectivity index (χ0n) is 14.1. The highest BCUT2D eigenvalue weighted by molar-refractivity contribution is 5.50. The van der Waals surface area contributed by atoms with Crippen LogP contribution in [0.2, 0.25) is 0 Å². The van der Waals surface area contributed by atoms with Crippen molar-refractivity contribution < 1.29 is 4.74 Å². The molecule has 120 valence electrons. The van der Waals surface area contributed by atoms with Crippen LogP contribution in [-0.2, 0) is 0 Å². The number of nitriles is 1. The maximum atomic E-state index is 8.54. The van der Waals surface area contributed by atoms with Crippen molar-refractivity contribution in [1.82, 2.24) is 0 Å². The van der Waals surface area contributed by atoms with Crippen molar-refractivity contribution in [3.8, 4) is 11.8 Å². The fraction of sp³-hybridized carbons (Fsp3) is 0.350. The summed E-state index contributed by atoms with van der Waals surface area (Å²) in [4.78, 5) is 0. The molecule has 23 heavy (non-hydrogen) atoms. The summed E-state index contributed by atoms with van der Waals surface area (Å²) in [7, 11) is 0. The highest BCUT2D eigenvalue weighted by atomic mass is 16.5. The van der Waals surface area contributed by atoms with Gasteiger partial charge in [0.1, 0.15) is 5.75 Å². The topological polar surface area (TPSA) is 45.0 Å². The lowest BCUT2D eigenvalue weighted by molar-refractivity contribution is 0.313. The summed E-state index contributed by atoms with van der Waals surface area (Å²) < 4.78 is 5.68. The van der Waals surface area contributed by atoms with Crippen LogP contribution in [0, 0.1) is 25.2 Å². The lowest BCUT2D eigenvalue weighted by atomic mass is 10.0. The molecular formula is C20H24N2O. The Kier molecular flexibility index (Phi) is 6.05. The predicted octanol–water partition coefficient (Wildman–Crippen LogP) is 5.16. The van der Waals surface area contributed by atoms with E-state index >= 15 is 0 Å². The minimum Gasteiger partial charge on any atom is -0.493 e. The first-order valence-electron chi connectivity index (χ1n) is 8.03. The van der Waals surface area contributed by atoms with Crippen LogP contribution in [0.5, 0.6) is 5.75 Å².